The predicted molar refractivity (Wildman–Crippen MR) is 107 cm³/mol. The van der Waals surface area contributed by atoms with Crippen molar-refractivity contribution < 1.29 is 28.8 Å². The van der Waals surface area contributed by atoms with Crippen molar-refractivity contribution in [3.63, 3.8) is 0 Å². The lowest BCUT2D eigenvalue weighted by Crippen LogP contribution is -2.31. The van der Waals surface area contributed by atoms with Crippen LogP contribution in [-0.4, -0.2) is 40.0 Å². The number of aromatic nitrogens is 1. The zero-order valence-electron chi connectivity index (χ0n) is 17.1. The van der Waals surface area contributed by atoms with Gasteiger partial charge in [0.25, 0.3) is 11.6 Å². The van der Waals surface area contributed by atoms with E-state index in [9.17, 15) is 24.5 Å². The van der Waals surface area contributed by atoms with Crippen LogP contribution in [0.3, 0.4) is 0 Å². The lowest BCUT2D eigenvalue weighted by molar-refractivity contribution is -0.383. The lowest BCUT2D eigenvalue weighted by atomic mass is 10.2. The summed E-state index contributed by atoms with van der Waals surface area (Å²) >= 11 is 0. The maximum atomic E-state index is 12.3. The largest absolute Gasteiger partial charge is 0.462 e. The van der Waals surface area contributed by atoms with Gasteiger partial charge in [-0.15, -0.1) is 0 Å². The maximum Gasteiger partial charge on any atom is 0.339 e. The summed E-state index contributed by atoms with van der Waals surface area (Å²) in [4.78, 5) is 47.0. The molecule has 10 nitrogen and oxygen atoms in total. The molecular formula is C20H23N3O7. The van der Waals surface area contributed by atoms with Gasteiger partial charge in [-0.1, -0.05) is 12.1 Å². The van der Waals surface area contributed by atoms with Crippen LogP contribution in [0.4, 0.5) is 11.4 Å². The van der Waals surface area contributed by atoms with Gasteiger partial charge in [0.1, 0.15) is 12.2 Å². The second-order valence-electron chi connectivity index (χ2n) is 6.49. The standard InChI is InChI=1S/C20H23N3O7/c1-5-29-20(26)15-10-12(2)22(13(15)3)11-18(24)30-14(4)19(25)21-16-8-6-7-9-17(16)23(27)28/h6-10,14H,5,11H2,1-4H3,(H,21,25)/t14-/m1/s1. The van der Waals surface area contributed by atoms with Gasteiger partial charge in [0.15, 0.2) is 6.10 Å². The molecular weight excluding hydrogens is 394 g/mol. The van der Waals surface area contributed by atoms with Crippen molar-refractivity contribution in [3.05, 3.63) is 57.4 Å². The second kappa shape index (κ2) is 9.68. The number of anilines is 1. The first-order valence-electron chi connectivity index (χ1n) is 9.23. The number of carbonyl (C=O) groups is 3. The highest BCUT2D eigenvalue weighted by molar-refractivity contribution is 5.97. The molecule has 0 unspecified atom stereocenters. The van der Waals surface area contributed by atoms with Gasteiger partial charge in [-0.3, -0.25) is 19.7 Å². The quantitative estimate of drug-likeness (QED) is 0.397. The molecule has 0 fully saturated rings. The van der Waals surface area contributed by atoms with Crippen molar-refractivity contribution in [1.29, 1.82) is 0 Å². The van der Waals surface area contributed by atoms with Gasteiger partial charge in [0.2, 0.25) is 0 Å². The normalized spacial score (nSPS) is 11.5. The van der Waals surface area contributed by atoms with Gasteiger partial charge in [0, 0.05) is 17.5 Å². The first kappa shape index (κ1) is 22.6. The Bertz CT molecular complexity index is 981. The fraction of sp³-hybridized carbons (Fsp3) is 0.350. The molecule has 0 aliphatic carbocycles. The summed E-state index contributed by atoms with van der Waals surface area (Å²) in [6, 6.07) is 7.27. The Hall–Kier alpha value is -3.69. The van der Waals surface area contributed by atoms with E-state index in [1.165, 1.54) is 31.2 Å². The minimum Gasteiger partial charge on any atom is -0.462 e. The Morgan fingerprint density at radius 3 is 2.53 bits per heavy atom. The van der Waals surface area contributed by atoms with Crippen molar-refractivity contribution in [2.45, 2.75) is 40.3 Å². The van der Waals surface area contributed by atoms with Crippen molar-refractivity contribution in [3.8, 4) is 0 Å². The number of benzene rings is 1. The number of nitrogens with zero attached hydrogens (tertiary/aromatic N) is 2. The number of hydrogen-bond acceptors (Lipinski definition) is 7. The van der Waals surface area contributed by atoms with E-state index in [0.29, 0.717) is 17.0 Å². The summed E-state index contributed by atoms with van der Waals surface area (Å²) in [5.74, 6) is -1.88. The van der Waals surface area contributed by atoms with Crippen LogP contribution in [-0.2, 0) is 25.6 Å². The molecule has 1 aromatic carbocycles. The van der Waals surface area contributed by atoms with Gasteiger partial charge < -0.3 is 19.4 Å². The first-order valence-corrected chi connectivity index (χ1v) is 9.23. The van der Waals surface area contributed by atoms with E-state index in [4.69, 9.17) is 9.47 Å². The number of rotatable bonds is 8. The maximum absolute atomic E-state index is 12.3. The number of amides is 1. The minimum atomic E-state index is -1.18. The Labute approximate surface area is 172 Å². The third-order valence-electron chi connectivity index (χ3n) is 4.39. The monoisotopic (exact) mass is 417 g/mol. The summed E-state index contributed by atoms with van der Waals surface area (Å²) in [6.45, 7) is 6.49. The molecule has 2 aromatic rings. The van der Waals surface area contributed by atoms with E-state index in [-0.39, 0.29) is 24.5 Å². The number of esters is 2. The molecule has 1 N–H and O–H groups in total. The number of nitro groups is 1. The molecule has 1 aromatic heterocycles. The lowest BCUT2D eigenvalue weighted by Gasteiger charge is -2.15. The molecule has 1 amide bonds. The fourth-order valence-corrected chi connectivity index (χ4v) is 2.85. The third-order valence-corrected chi connectivity index (χ3v) is 4.39. The first-order chi connectivity index (χ1) is 14.1. The van der Waals surface area contributed by atoms with Gasteiger partial charge in [0.05, 0.1) is 17.1 Å². The van der Waals surface area contributed by atoms with Crippen LogP contribution in [0, 0.1) is 24.0 Å². The molecule has 10 heteroatoms. The fourth-order valence-electron chi connectivity index (χ4n) is 2.85. The molecule has 160 valence electrons. The smallest absolute Gasteiger partial charge is 0.339 e. The number of aryl methyl sites for hydroxylation is 1. The zero-order valence-corrected chi connectivity index (χ0v) is 17.1. The summed E-state index contributed by atoms with van der Waals surface area (Å²) < 4.78 is 11.7. The number of nitro benzene ring substituents is 1. The van der Waals surface area contributed by atoms with E-state index < -0.39 is 28.9 Å². The Morgan fingerprint density at radius 1 is 1.23 bits per heavy atom. The van der Waals surface area contributed by atoms with Crippen LogP contribution < -0.4 is 5.32 Å². The van der Waals surface area contributed by atoms with Gasteiger partial charge in [-0.2, -0.15) is 0 Å². The molecule has 0 spiro atoms. The predicted octanol–water partition coefficient (Wildman–Crippen LogP) is 2.76. The molecule has 0 saturated heterocycles. The van der Waals surface area contributed by atoms with Crippen LogP contribution in [0.1, 0.15) is 35.6 Å². The Kier molecular flexibility index (Phi) is 7.29. The van der Waals surface area contributed by atoms with Crippen molar-refractivity contribution in [2.75, 3.05) is 11.9 Å². The summed E-state index contributed by atoms with van der Waals surface area (Å²) in [5, 5.41) is 13.4. The molecule has 0 radical (unpaired) electrons. The summed E-state index contributed by atoms with van der Waals surface area (Å²) in [6.07, 6.45) is -1.18. The van der Waals surface area contributed by atoms with Crippen molar-refractivity contribution in [1.82, 2.24) is 4.57 Å². The highest BCUT2D eigenvalue weighted by atomic mass is 16.6. The van der Waals surface area contributed by atoms with Crippen LogP contribution in [0.25, 0.3) is 0 Å². The van der Waals surface area contributed by atoms with E-state index >= 15 is 0 Å². The Morgan fingerprint density at radius 2 is 1.90 bits per heavy atom. The third kappa shape index (κ3) is 5.22. The molecule has 1 atom stereocenters. The topological polar surface area (TPSA) is 130 Å². The molecule has 0 bridgehead atoms. The number of carbonyl (C=O) groups excluding carboxylic acids is 3. The molecule has 0 saturated carbocycles. The highest BCUT2D eigenvalue weighted by Gasteiger charge is 2.23. The molecule has 0 aliphatic heterocycles. The summed E-state index contributed by atoms with van der Waals surface area (Å²) in [5.41, 5.74) is 1.29. The van der Waals surface area contributed by atoms with E-state index in [1.54, 1.807) is 31.4 Å². The van der Waals surface area contributed by atoms with Crippen molar-refractivity contribution in [2.24, 2.45) is 0 Å². The van der Waals surface area contributed by atoms with Crippen LogP contribution in [0.2, 0.25) is 0 Å². The van der Waals surface area contributed by atoms with Gasteiger partial charge >= 0.3 is 11.9 Å². The minimum absolute atomic E-state index is 0.00609. The molecule has 1 heterocycles. The average Bonchev–Trinajstić information content (AvgIpc) is 2.96. The molecule has 30 heavy (non-hydrogen) atoms. The van der Waals surface area contributed by atoms with Crippen LogP contribution in [0.5, 0.6) is 0 Å². The molecule has 0 aliphatic rings. The van der Waals surface area contributed by atoms with E-state index in [0.717, 1.165) is 0 Å². The Balaban J connectivity index is 2.04. The number of hydrogen-bond donors (Lipinski definition) is 1. The zero-order chi connectivity index (χ0) is 22.4. The second-order valence-corrected chi connectivity index (χ2v) is 6.49. The van der Waals surface area contributed by atoms with Gasteiger partial charge in [-0.05, 0) is 39.8 Å². The summed E-state index contributed by atoms with van der Waals surface area (Å²) in [7, 11) is 0. The van der Waals surface area contributed by atoms with E-state index in [2.05, 4.69) is 5.32 Å². The highest BCUT2D eigenvalue weighted by Crippen LogP contribution is 2.23. The van der Waals surface area contributed by atoms with Gasteiger partial charge in [-0.25, -0.2) is 4.79 Å². The number of nitrogens with one attached hydrogen (secondary N) is 1. The SMILES string of the molecule is CCOC(=O)c1cc(C)n(CC(=O)O[C@H](C)C(=O)Nc2ccccc2[N+](=O)[O-])c1C. The van der Waals surface area contributed by atoms with Crippen LogP contribution in [0.15, 0.2) is 30.3 Å². The van der Waals surface area contributed by atoms with Crippen LogP contribution >= 0.6 is 0 Å². The van der Waals surface area contributed by atoms with E-state index in [1.807, 2.05) is 0 Å². The number of ether oxygens (including phenoxy) is 2. The van der Waals surface area contributed by atoms with Crippen molar-refractivity contribution >= 4 is 29.2 Å². The number of para-hydroxylation sites is 2. The molecule has 2 rings (SSSR count). The average molecular weight is 417 g/mol.